The Morgan fingerprint density at radius 2 is 2.00 bits per heavy atom. The van der Waals surface area contributed by atoms with Crippen LogP contribution in [0.5, 0.6) is 0 Å². The van der Waals surface area contributed by atoms with Crippen LogP contribution >= 0.6 is 11.3 Å². The Hall–Kier alpha value is -2.00. The molecule has 0 bridgehead atoms. The number of nitrogens with zero attached hydrogens (tertiary/aromatic N) is 3. The average Bonchev–Trinajstić information content (AvgIpc) is 2.95. The van der Waals surface area contributed by atoms with Gasteiger partial charge in [0.2, 0.25) is 0 Å². The van der Waals surface area contributed by atoms with Gasteiger partial charge in [0.1, 0.15) is 6.33 Å². The Bertz CT molecular complexity index is 705. The van der Waals surface area contributed by atoms with Gasteiger partial charge in [-0.05, 0) is 30.4 Å². The maximum absolute atomic E-state index is 10.6. The molecule has 9 heteroatoms. The molecule has 0 unspecified atom stereocenters. The molecule has 0 aromatic carbocycles. The van der Waals surface area contributed by atoms with Crippen LogP contribution in [-0.4, -0.2) is 45.2 Å². The minimum atomic E-state index is -5.08. The van der Waals surface area contributed by atoms with Gasteiger partial charge in [0.25, 0.3) is 0 Å². The van der Waals surface area contributed by atoms with E-state index in [0.717, 1.165) is 38.2 Å². The molecule has 0 atom stereocenters. The number of thiophene rings is 1. The number of aryl methyl sites for hydroxylation is 1. The minimum Gasteiger partial charge on any atom is -0.475 e. The standard InChI is InChI=1S/C14H17N3S.C2HF3O2/c1-11-13-4-6-17(9-12-3-2-8-18-12)7-5-14(13)16-10-15-11;3-2(4,5)1(6)7/h2-3,8,10H,4-7,9H2,1H3;(H,6,7). The Morgan fingerprint density at radius 3 is 2.60 bits per heavy atom. The topological polar surface area (TPSA) is 66.3 Å². The summed E-state index contributed by atoms with van der Waals surface area (Å²) in [5.41, 5.74) is 3.76. The zero-order valence-electron chi connectivity index (χ0n) is 13.6. The Balaban J connectivity index is 0.000000277. The maximum atomic E-state index is 10.6. The molecule has 136 valence electrons. The highest BCUT2D eigenvalue weighted by Gasteiger charge is 2.38. The number of hydrogen-bond acceptors (Lipinski definition) is 5. The van der Waals surface area contributed by atoms with Crippen molar-refractivity contribution in [2.24, 2.45) is 0 Å². The number of carboxylic acid groups (broad SMARTS) is 1. The van der Waals surface area contributed by atoms with Crippen molar-refractivity contribution in [1.82, 2.24) is 14.9 Å². The van der Waals surface area contributed by atoms with Crippen LogP contribution in [0.1, 0.15) is 21.8 Å². The van der Waals surface area contributed by atoms with E-state index < -0.39 is 12.1 Å². The quantitative estimate of drug-likeness (QED) is 0.876. The molecule has 3 rings (SSSR count). The number of alkyl halides is 3. The van der Waals surface area contributed by atoms with Gasteiger partial charge in [-0.3, -0.25) is 4.90 Å². The van der Waals surface area contributed by atoms with Crippen molar-refractivity contribution in [3.63, 3.8) is 0 Å². The molecular weight excluding hydrogens is 355 g/mol. The first-order valence-electron chi connectivity index (χ1n) is 7.61. The molecule has 0 aliphatic carbocycles. The van der Waals surface area contributed by atoms with Crippen LogP contribution in [0.15, 0.2) is 23.8 Å². The first-order valence-corrected chi connectivity index (χ1v) is 8.49. The summed E-state index contributed by atoms with van der Waals surface area (Å²) in [6, 6.07) is 4.34. The third-order valence-electron chi connectivity index (χ3n) is 3.79. The van der Waals surface area contributed by atoms with Gasteiger partial charge in [0.15, 0.2) is 0 Å². The molecular formula is C16H18F3N3O2S. The lowest BCUT2D eigenvalue weighted by atomic mass is 10.1. The largest absolute Gasteiger partial charge is 0.490 e. The number of aliphatic carboxylic acids is 1. The monoisotopic (exact) mass is 373 g/mol. The predicted molar refractivity (Wildman–Crippen MR) is 87.5 cm³/mol. The second kappa shape index (κ2) is 8.39. The van der Waals surface area contributed by atoms with E-state index in [9.17, 15) is 13.2 Å². The van der Waals surface area contributed by atoms with Crippen LogP contribution in [-0.2, 0) is 24.2 Å². The summed E-state index contributed by atoms with van der Waals surface area (Å²) in [7, 11) is 0. The number of fused-ring (bicyclic) bond motifs is 1. The summed E-state index contributed by atoms with van der Waals surface area (Å²) in [6.07, 6.45) is -1.26. The van der Waals surface area contributed by atoms with E-state index >= 15 is 0 Å². The fourth-order valence-electron chi connectivity index (χ4n) is 2.52. The van der Waals surface area contributed by atoms with E-state index in [1.807, 2.05) is 11.3 Å². The minimum absolute atomic E-state index is 1.05. The number of carboxylic acids is 1. The van der Waals surface area contributed by atoms with Gasteiger partial charge in [0.05, 0.1) is 0 Å². The highest BCUT2D eigenvalue weighted by molar-refractivity contribution is 7.09. The van der Waals surface area contributed by atoms with Crippen LogP contribution in [0.4, 0.5) is 13.2 Å². The summed E-state index contributed by atoms with van der Waals surface area (Å²) in [5, 5.41) is 9.28. The molecule has 2 aromatic rings. The summed E-state index contributed by atoms with van der Waals surface area (Å²) in [6.45, 7) is 5.37. The smallest absolute Gasteiger partial charge is 0.475 e. The Morgan fingerprint density at radius 1 is 1.32 bits per heavy atom. The van der Waals surface area contributed by atoms with E-state index in [0.29, 0.717) is 0 Å². The van der Waals surface area contributed by atoms with Crippen LogP contribution in [0.2, 0.25) is 0 Å². The van der Waals surface area contributed by atoms with Crippen molar-refractivity contribution >= 4 is 17.3 Å². The van der Waals surface area contributed by atoms with Crippen LogP contribution in [0.25, 0.3) is 0 Å². The SMILES string of the molecule is Cc1ncnc2c1CCN(Cc1cccs1)CC2.O=C(O)C(F)(F)F. The van der Waals surface area contributed by atoms with Gasteiger partial charge in [-0.15, -0.1) is 11.3 Å². The number of aromatic nitrogens is 2. The molecule has 0 amide bonds. The predicted octanol–water partition coefficient (Wildman–Crippen LogP) is 3.08. The Kier molecular flexibility index (Phi) is 6.49. The first-order chi connectivity index (χ1) is 11.8. The second-order valence-corrected chi connectivity index (χ2v) is 6.57. The van der Waals surface area contributed by atoms with Crippen molar-refractivity contribution in [2.45, 2.75) is 32.5 Å². The van der Waals surface area contributed by atoms with E-state index in [1.165, 1.54) is 16.1 Å². The molecule has 0 saturated carbocycles. The third kappa shape index (κ3) is 5.79. The van der Waals surface area contributed by atoms with E-state index in [4.69, 9.17) is 9.90 Å². The summed E-state index contributed by atoms with van der Waals surface area (Å²) in [5.74, 6) is -2.76. The zero-order chi connectivity index (χ0) is 18.4. The van der Waals surface area contributed by atoms with Crippen molar-refractivity contribution in [3.05, 3.63) is 45.7 Å². The fourth-order valence-corrected chi connectivity index (χ4v) is 3.26. The normalized spacial score (nSPS) is 14.9. The number of carbonyl (C=O) groups is 1. The maximum Gasteiger partial charge on any atom is 0.490 e. The molecule has 3 heterocycles. The van der Waals surface area contributed by atoms with Crippen LogP contribution in [0, 0.1) is 6.92 Å². The lowest BCUT2D eigenvalue weighted by Crippen LogP contribution is -2.25. The third-order valence-corrected chi connectivity index (χ3v) is 4.66. The lowest BCUT2D eigenvalue weighted by Gasteiger charge is -2.18. The lowest BCUT2D eigenvalue weighted by molar-refractivity contribution is -0.192. The second-order valence-electron chi connectivity index (χ2n) is 5.54. The molecule has 25 heavy (non-hydrogen) atoms. The zero-order valence-corrected chi connectivity index (χ0v) is 14.4. The van der Waals surface area contributed by atoms with Gasteiger partial charge in [-0.2, -0.15) is 13.2 Å². The highest BCUT2D eigenvalue weighted by Crippen LogP contribution is 2.18. The molecule has 0 spiro atoms. The summed E-state index contributed by atoms with van der Waals surface area (Å²) in [4.78, 5) is 21.6. The van der Waals surface area contributed by atoms with E-state index in [1.54, 1.807) is 6.33 Å². The van der Waals surface area contributed by atoms with Crippen molar-refractivity contribution in [1.29, 1.82) is 0 Å². The van der Waals surface area contributed by atoms with Gasteiger partial charge in [-0.25, -0.2) is 14.8 Å². The molecule has 2 aromatic heterocycles. The first kappa shape index (κ1) is 19.3. The van der Waals surface area contributed by atoms with Crippen LogP contribution in [0.3, 0.4) is 0 Å². The average molecular weight is 373 g/mol. The van der Waals surface area contributed by atoms with Crippen molar-refractivity contribution in [2.75, 3.05) is 13.1 Å². The Labute approximate surface area is 147 Å². The number of hydrogen-bond donors (Lipinski definition) is 1. The molecule has 0 radical (unpaired) electrons. The fraction of sp³-hybridized carbons (Fsp3) is 0.438. The van der Waals surface area contributed by atoms with Crippen molar-refractivity contribution < 1.29 is 23.1 Å². The van der Waals surface area contributed by atoms with E-state index in [-0.39, 0.29) is 0 Å². The van der Waals surface area contributed by atoms with Gasteiger partial charge in [0, 0.05) is 42.3 Å². The number of halogens is 3. The van der Waals surface area contributed by atoms with Gasteiger partial charge in [-0.1, -0.05) is 6.07 Å². The summed E-state index contributed by atoms with van der Waals surface area (Å²) >= 11 is 1.84. The van der Waals surface area contributed by atoms with Crippen LogP contribution < -0.4 is 0 Å². The molecule has 1 aliphatic heterocycles. The van der Waals surface area contributed by atoms with Gasteiger partial charge >= 0.3 is 12.1 Å². The molecule has 0 fully saturated rings. The molecule has 0 saturated heterocycles. The molecule has 1 N–H and O–H groups in total. The highest BCUT2D eigenvalue weighted by atomic mass is 32.1. The summed E-state index contributed by atoms with van der Waals surface area (Å²) < 4.78 is 31.7. The molecule has 1 aliphatic rings. The molecule has 5 nitrogen and oxygen atoms in total. The number of rotatable bonds is 2. The van der Waals surface area contributed by atoms with E-state index in [2.05, 4.69) is 39.3 Å². The van der Waals surface area contributed by atoms with Crippen molar-refractivity contribution in [3.8, 4) is 0 Å². The van der Waals surface area contributed by atoms with Gasteiger partial charge < -0.3 is 5.11 Å².